The van der Waals surface area contributed by atoms with Crippen molar-refractivity contribution in [1.29, 1.82) is 0 Å². The maximum Gasteiger partial charge on any atom is 0.313 e. The standard InChI is InChI=1S/C22H33N3O8S/c1-18-5-7-20(8-6-18)34(27,28)33-14-13-30-10-9-29-11-12-31-16-19-15-25(24-23-19)17-32-21(26)22(2,3)4/h5-8,15H,9-14,16-17H2,1-4H3. The molecule has 1 heterocycles. The van der Waals surface area contributed by atoms with Crippen LogP contribution in [0.25, 0.3) is 0 Å². The first kappa shape index (κ1) is 27.9. The van der Waals surface area contributed by atoms with Crippen LogP contribution in [0.15, 0.2) is 35.4 Å². The van der Waals surface area contributed by atoms with Gasteiger partial charge in [-0.15, -0.1) is 5.10 Å². The molecule has 0 saturated heterocycles. The van der Waals surface area contributed by atoms with Crippen LogP contribution in [0, 0.1) is 12.3 Å². The SMILES string of the molecule is Cc1ccc(S(=O)(=O)OCCOCCOCCOCc2cn(COC(=O)C(C)(C)C)nn2)cc1. The molecule has 0 bridgehead atoms. The molecule has 0 aliphatic rings. The van der Waals surface area contributed by atoms with Gasteiger partial charge in [-0.1, -0.05) is 22.9 Å². The molecule has 11 nitrogen and oxygen atoms in total. The van der Waals surface area contributed by atoms with Crippen molar-refractivity contribution in [3.63, 3.8) is 0 Å². The predicted octanol–water partition coefficient (Wildman–Crippen LogP) is 2.09. The van der Waals surface area contributed by atoms with Crippen molar-refractivity contribution in [3.8, 4) is 0 Å². The molecule has 0 aliphatic heterocycles. The van der Waals surface area contributed by atoms with E-state index in [2.05, 4.69) is 10.3 Å². The van der Waals surface area contributed by atoms with Crippen LogP contribution < -0.4 is 0 Å². The lowest BCUT2D eigenvalue weighted by Crippen LogP contribution is -2.24. The van der Waals surface area contributed by atoms with Gasteiger partial charge in [0.05, 0.1) is 62.8 Å². The number of aryl methyl sites for hydroxylation is 1. The molecule has 2 aromatic rings. The fourth-order valence-corrected chi connectivity index (χ4v) is 3.29. The Bertz CT molecular complexity index is 984. The van der Waals surface area contributed by atoms with Crippen molar-refractivity contribution in [2.24, 2.45) is 5.41 Å². The van der Waals surface area contributed by atoms with Crippen molar-refractivity contribution in [2.75, 3.05) is 39.6 Å². The van der Waals surface area contributed by atoms with Crippen LogP contribution in [-0.4, -0.2) is 69.0 Å². The molecule has 1 aromatic carbocycles. The molecule has 0 radical (unpaired) electrons. The van der Waals surface area contributed by atoms with Gasteiger partial charge in [0.25, 0.3) is 10.1 Å². The quantitative estimate of drug-likeness (QED) is 0.204. The highest BCUT2D eigenvalue weighted by Crippen LogP contribution is 2.15. The summed E-state index contributed by atoms with van der Waals surface area (Å²) < 4.78 is 51.8. The molecule has 0 N–H and O–H groups in total. The summed E-state index contributed by atoms with van der Waals surface area (Å²) in [6.07, 6.45) is 1.64. The number of hydrogen-bond donors (Lipinski definition) is 0. The van der Waals surface area contributed by atoms with Gasteiger partial charge < -0.3 is 18.9 Å². The van der Waals surface area contributed by atoms with Gasteiger partial charge in [-0.25, -0.2) is 4.68 Å². The number of carbonyl (C=O) groups is 1. The Labute approximate surface area is 200 Å². The molecule has 0 amide bonds. The highest BCUT2D eigenvalue weighted by atomic mass is 32.2. The number of benzene rings is 1. The average Bonchev–Trinajstić information content (AvgIpc) is 3.23. The molecular weight excluding hydrogens is 466 g/mol. The van der Waals surface area contributed by atoms with E-state index in [1.807, 2.05) is 6.92 Å². The van der Waals surface area contributed by atoms with Gasteiger partial charge in [0.1, 0.15) is 5.69 Å². The fraction of sp³-hybridized carbons (Fsp3) is 0.591. The maximum atomic E-state index is 12.0. The summed E-state index contributed by atoms with van der Waals surface area (Å²) in [5.74, 6) is -0.318. The lowest BCUT2D eigenvalue weighted by atomic mass is 9.98. The van der Waals surface area contributed by atoms with Gasteiger partial charge in [0.2, 0.25) is 0 Å². The highest BCUT2D eigenvalue weighted by molar-refractivity contribution is 7.86. The normalized spacial score (nSPS) is 12.1. The van der Waals surface area contributed by atoms with Crippen LogP contribution >= 0.6 is 0 Å². The third-order valence-electron chi connectivity index (χ3n) is 4.30. The first-order valence-corrected chi connectivity index (χ1v) is 12.2. The van der Waals surface area contributed by atoms with Gasteiger partial charge in [-0.2, -0.15) is 8.42 Å². The van der Waals surface area contributed by atoms with Crippen LogP contribution in [0.5, 0.6) is 0 Å². The zero-order valence-electron chi connectivity index (χ0n) is 20.1. The van der Waals surface area contributed by atoms with Crippen LogP contribution in [0.2, 0.25) is 0 Å². The van der Waals surface area contributed by atoms with E-state index in [4.69, 9.17) is 23.1 Å². The number of aromatic nitrogens is 3. The summed E-state index contributed by atoms with van der Waals surface area (Å²) in [5, 5.41) is 7.84. The van der Waals surface area contributed by atoms with E-state index in [1.54, 1.807) is 39.1 Å². The Morgan fingerprint density at radius 3 is 2.15 bits per heavy atom. The highest BCUT2D eigenvalue weighted by Gasteiger charge is 2.23. The van der Waals surface area contributed by atoms with E-state index in [0.717, 1.165) is 5.56 Å². The van der Waals surface area contributed by atoms with Crippen molar-refractivity contribution >= 4 is 16.1 Å². The predicted molar refractivity (Wildman–Crippen MR) is 121 cm³/mol. The minimum Gasteiger partial charge on any atom is -0.442 e. The molecule has 0 saturated carbocycles. The molecular formula is C22H33N3O8S. The molecule has 0 aliphatic carbocycles. The second-order valence-electron chi connectivity index (χ2n) is 8.43. The molecule has 2 rings (SSSR count). The molecule has 0 fully saturated rings. The van der Waals surface area contributed by atoms with Crippen LogP contribution in [-0.2, 0) is 51.4 Å². The fourth-order valence-electron chi connectivity index (χ4n) is 2.40. The summed E-state index contributed by atoms with van der Waals surface area (Å²) in [6.45, 7) is 8.86. The molecule has 0 atom stereocenters. The Morgan fingerprint density at radius 1 is 0.941 bits per heavy atom. The summed E-state index contributed by atoms with van der Waals surface area (Å²) in [4.78, 5) is 11.9. The smallest absolute Gasteiger partial charge is 0.313 e. The Hall–Kier alpha value is -2.38. The van der Waals surface area contributed by atoms with Crippen molar-refractivity contribution in [1.82, 2.24) is 15.0 Å². The van der Waals surface area contributed by atoms with E-state index < -0.39 is 15.5 Å². The van der Waals surface area contributed by atoms with Crippen molar-refractivity contribution < 1.29 is 36.3 Å². The summed E-state index contributed by atoms with van der Waals surface area (Å²) >= 11 is 0. The van der Waals surface area contributed by atoms with E-state index >= 15 is 0 Å². The first-order valence-electron chi connectivity index (χ1n) is 10.8. The zero-order chi connectivity index (χ0) is 25.0. The topological polar surface area (TPSA) is 128 Å². The number of carbonyl (C=O) groups excluding carboxylic acids is 1. The summed E-state index contributed by atoms with van der Waals surface area (Å²) in [7, 11) is -3.78. The number of rotatable bonds is 15. The van der Waals surface area contributed by atoms with E-state index in [9.17, 15) is 13.2 Å². The maximum absolute atomic E-state index is 12.0. The third-order valence-corrected chi connectivity index (χ3v) is 5.62. The molecule has 1 aromatic heterocycles. The molecule has 0 spiro atoms. The minimum absolute atomic E-state index is 0.00482. The van der Waals surface area contributed by atoms with Gasteiger partial charge in [0.15, 0.2) is 6.73 Å². The van der Waals surface area contributed by atoms with Gasteiger partial charge in [0, 0.05) is 0 Å². The van der Waals surface area contributed by atoms with Crippen molar-refractivity contribution in [3.05, 3.63) is 41.7 Å². The van der Waals surface area contributed by atoms with Crippen LogP contribution in [0.4, 0.5) is 0 Å². The van der Waals surface area contributed by atoms with Crippen LogP contribution in [0.3, 0.4) is 0 Å². The van der Waals surface area contributed by atoms with E-state index in [-0.39, 0.29) is 37.4 Å². The monoisotopic (exact) mass is 499 g/mol. The first-order chi connectivity index (χ1) is 16.1. The Balaban J connectivity index is 1.46. The number of nitrogens with zero attached hydrogens (tertiary/aromatic N) is 3. The second kappa shape index (κ2) is 13.5. The average molecular weight is 500 g/mol. The minimum atomic E-state index is -3.78. The lowest BCUT2D eigenvalue weighted by Gasteiger charge is -2.15. The van der Waals surface area contributed by atoms with E-state index in [1.165, 1.54) is 16.8 Å². The lowest BCUT2D eigenvalue weighted by molar-refractivity contribution is -0.157. The summed E-state index contributed by atoms with van der Waals surface area (Å²) in [5.41, 5.74) is 1.00. The molecule has 12 heteroatoms. The molecule has 0 unspecified atom stereocenters. The molecule has 190 valence electrons. The van der Waals surface area contributed by atoms with Gasteiger partial charge in [-0.05, 0) is 39.8 Å². The van der Waals surface area contributed by atoms with Gasteiger partial charge in [-0.3, -0.25) is 8.98 Å². The number of esters is 1. The number of hydrogen-bond acceptors (Lipinski definition) is 10. The summed E-state index contributed by atoms with van der Waals surface area (Å²) in [6, 6.07) is 6.44. The second-order valence-corrected chi connectivity index (χ2v) is 10.0. The van der Waals surface area contributed by atoms with Gasteiger partial charge >= 0.3 is 5.97 Å². The largest absolute Gasteiger partial charge is 0.442 e. The van der Waals surface area contributed by atoms with Crippen molar-refractivity contribution in [2.45, 2.75) is 45.9 Å². The molecule has 34 heavy (non-hydrogen) atoms. The van der Waals surface area contributed by atoms with E-state index in [0.29, 0.717) is 32.1 Å². The number of ether oxygens (including phenoxy) is 4. The Kier molecular flexibility index (Phi) is 11.1. The van der Waals surface area contributed by atoms with Crippen LogP contribution in [0.1, 0.15) is 32.0 Å². The zero-order valence-corrected chi connectivity index (χ0v) is 20.9. The Morgan fingerprint density at radius 2 is 1.53 bits per heavy atom. The third kappa shape index (κ3) is 10.3.